The van der Waals surface area contributed by atoms with Crippen molar-refractivity contribution in [3.8, 4) is 5.75 Å². The molecule has 24 heavy (non-hydrogen) atoms. The lowest BCUT2D eigenvalue weighted by molar-refractivity contribution is 0.0172. The summed E-state index contributed by atoms with van der Waals surface area (Å²) in [5.41, 5.74) is 1.62. The first-order valence-corrected chi connectivity index (χ1v) is 8.72. The summed E-state index contributed by atoms with van der Waals surface area (Å²) in [5.74, 6) is 0.820. The molecule has 6 heteroatoms. The number of halogens is 1. The molecule has 1 aromatic rings. The van der Waals surface area contributed by atoms with Gasteiger partial charge in [-0.2, -0.15) is 0 Å². The van der Waals surface area contributed by atoms with Gasteiger partial charge in [0.15, 0.2) is 0 Å². The van der Waals surface area contributed by atoms with Crippen LogP contribution in [0, 0.1) is 0 Å². The largest absolute Gasteiger partial charge is 0.495 e. The van der Waals surface area contributed by atoms with Crippen LogP contribution in [0.3, 0.4) is 0 Å². The number of carbonyl (C=O) groups is 1. The number of hydrogen-bond acceptors (Lipinski definition) is 4. The van der Waals surface area contributed by atoms with E-state index >= 15 is 0 Å². The van der Waals surface area contributed by atoms with Crippen LogP contribution in [0.1, 0.15) is 39.2 Å². The third-order valence-corrected chi connectivity index (χ3v) is 5.16. The quantitative estimate of drug-likeness (QED) is 0.828. The van der Waals surface area contributed by atoms with E-state index in [1.807, 2.05) is 32.9 Å². The van der Waals surface area contributed by atoms with Crippen LogP contribution < -0.4 is 10.1 Å². The molecular formula is C18H25ClN2O3. The molecule has 1 saturated heterocycles. The molecule has 2 aliphatic rings. The van der Waals surface area contributed by atoms with Gasteiger partial charge in [-0.3, -0.25) is 0 Å². The van der Waals surface area contributed by atoms with E-state index in [0.29, 0.717) is 13.1 Å². The molecular weight excluding hydrogens is 328 g/mol. The molecule has 2 aliphatic heterocycles. The highest BCUT2D eigenvalue weighted by molar-refractivity contribution is 6.32. The van der Waals surface area contributed by atoms with Gasteiger partial charge in [0, 0.05) is 35.6 Å². The van der Waals surface area contributed by atoms with Gasteiger partial charge in [-0.05, 0) is 45.7 Å². The van der Waals surface area contributed by atoms with Gasteiger partial charge in [0.2, 0.25) is 0 Å². The summed E-state index contributed by atoms with van der Waals surface area (Å²) in [5, 5.41) is 4.22. The predicted molar refractivity (Wildman–Crippen MR) is 95.2 cm³/mol. The average Bonchev–Trinajstić information content (AvgIpc) is 2.87. The minimum Gasteiger partial charge on any atom is -0.495 e. The van der Waals surface area contributed by atoms with Crippen LogP contribution in [0.15, 0.2) is 12.1 Å². The number of rotatable bonds is 1. The molecule has 0 bridgehead atoms. The number of likely N-dealkylation sites (tertiary alicyclic amines) is 1. The van der Waals surface area contributed by atoms with Gasteiger partial charge in [0.25, 0.3) is 0 Å². The number of piperidine rings is 1. The van der Waals surface area contributed by atoms with Crippen molar-refractivity contribution in [1.82, 2.24) is 4.90 Å². The van der Waals surface area contributed by atoms with Crippen molar-refractivity contribution in [3.63, 3.8) is 0 Å². The Labute approximate surface area is 148 Å². The zero-order chi connectivity index (χ0) is 17.5. The van der Waals surface area contributed by atoms with Gasteiger partial charge in [-0.1, -0.05) is 11.6 Å². The highest BCUT2D eigenvalue weighted by Gasteiger charge is 2.45. The standard InChI is InChI=1S/C18H25ClN2O3/c1-17(2,3)24-16(22)21-9-7-18(8-10-21)11-20-15-13(23-4)6-5-12(19)14(15)18/h5-6,20H,7-11H2,1-4H3. The predicted octanol–water partition coefficient (Wildman–Crippen LogP) is 4.04. The van der Waals surface area contributed by atoms with E-state index in [0.717, 1.165) is 41.4 Å². The van der Waals surface area contributed by atoms with E-state index in [1.54, 1.807) is 12.0 Å². The van der Waals surface area contributed by atoms with E-state index in [-0.39, 0.29) is 11.5 Å². The summed E-state index contributed by atoms with van der Waals surface area (Å²) in [4.78, 5) is 14.1. The lowest BCUT2D eigenvalue weighted by Crippen LogP contribution is -2.47. The van der Waals surface area contributed by atoms with Crippen molar-refractivity contribution in [1.29, 1.82) is 0 Å². The van der Waals surface area contributed by atoms with Crippen molar-refractivity contribution in [3.05, 3.63) is 22.7 Å². The van der Waals surface area contributed by atoms with Gasteiger partial charge < -0.3 is 19.7 Å². The zero-order valence-corrected chi connectivity index (χ0v) is 15.5. The third kappa shape index (κ3) is 3.02. The second kappa shape index (κ2) is 6.03. The number of nitrogens with one attached hydrogen (secondary N) is 1. The number of amides is 1. The maximum absolute atomic E-state index is 12.3. The van der Waals surface area contributed by atoms with Crippen LogP contribution >= 0.6 is 11.6 Å². The number of ether oxygens (including phenoxy) is 2. The summed E-state index contributed by atoms with van der Waals surface area (Å²) >= 11 is 6.51. The second-order valence-corrected chi connectivity index (χ2v) is 8.01. The molecule has 0 aliphatic carbocycles. The van der Waals surface area contributed by atoms with Crippen molar-refractivity contribution < 1.29 is 14.3 Å². The first-order chi connectivity index (χ1) is 11.3. The van der Waals surface area contributed by atoms with Crippen molar-refractivity contribution in [2.45, 2.75) is 44.6 Å². The summed E-state index contributed by atoms with van der Waals surface area (Å²) in [6.07, 6.45) is 1.48. The number of carbonyl (C=O) groups excluding carboxylic acids is 1. The van der Waals surface area contributed by atoms with Crippen LogP contribution in [0.5, 0.6) is 5.75 Å². The summed E-state index contributed by atoms with van der Waals surface area (Å²) in [6, 6.07) is 3.79. The van der Waals surface area contributed by atoms with Crippen molar-refractivity contribution >= 4 is 23.4 Å². The summed E-state index contributed by atoms with van der Waals surface area (Å²) in [6.45, 7) is 7.83. The molecule has 0 radical (unpaired) electrons. The Morgan fingerprint density at radius 3 is 2.54 bits per heavy atom. The molecule has 1 aromatic carbocycles. The van der Waals surface area contributed by atoms with Gasteiger partial charge >= 0.3 is 6.09 Å². The molecule has 3 rings (SSSR count). The van der Waals surface area contributed by atoms with Crippen LogP contribution in [0.25, 0.3) is 0 Å². The molecule has 0 aromatic heterocycles. The lowest BCUT2D eigenvalue weighted by atomic mass is 9.74. The van der Waals surface area contributed by atoms with Gasteiger partial charge in [-0.15, -0.1) is 0 Å². The molecule has 5 nitrogen and oxygen atoms in total. The molecule has 1 spiro atoms. The topological polar surface area (TPSA) is 50.8 Å². The Bertz CT molecular complexity index is 646. The van der Waals surface area contributed by atoms with Gasteiger partial charge in [0.1, 0.15) is 11.4 Å². The van der Waals surface area contributed by atoms with E-state index in [4.69, 9.17) is 21.1 Å². The smallest absolute Gasteiger partial charge is 0.410 e. The maximum atomic E-state index is 12.3. The average molecular weight is 353 g/mol. The van der Waals surface area contributed by atoms with E-state index in [2.05, 4.69) is 5.32 Å². The number of benzene rings is 1. The Morgan fingerprint density at radius 1 is 1.29 bits per heavy atom. The van der Waals surface area contributed by atoms with Crippen LogP contribution in [-0.2, 0) is 10.2 Å². The fourth-order valence-electron chi connectivity index (χ4n) is 3.64. The van der Waals surface area contributed by atoms with Crippen molar-refractivity contribution in [2.24, 2.45) is 0 Å². The Morgan fingerprint density at radius 2 is 1.96 bits per heavy atom. The fraction of sp³-hybridized carbons (Fsp3) is 0.611. The molecule has 0 unspecified atom stereocenters. The minimum atomic E-state index is -0.468. The van der Waals surface area contributed by atoms with Crippen molar-refractivity contribution in [2.75, 3.05) is 32.1 Å². The Balaban J connectivity index is 1.78. The fourth-order valence-corrected chi connectivity index (χ4v) is 4.00. The van der Waals surface area contributed by atoms with Gasteiger partial charge in [-0.25, -0.2) is 4.79 Å². The van der Waals surface area contributed by atoms with Crippen LogP contribution in [0.4, 0.5) is 10.5 Å². The zero-order valence-electron chi connectivity index (χ0n) is 14.7. The molecule has 2 heterocycles. The Kier molecular flexibility index (Phi) is 4.32. The SMILES string of the molecule is COc1ccc(Cl)c2c1NCC21CCN(C(=O)OC(C)(C)C)CC1. The van der Waals surface area contributed by atoms with E-state index in [1.165, 1.54) is 0 Å². The first kappa shape index (κ1) is 17.2. The van der Waals surface area contributed by atoms with E-state index in [9.17, 15) is 4.79 Å². The maximum Gasteiger partial charge on any atom is 0.410 e. The highest BCUT2D eigenvalue weighted by Crippen LogP contribution is 2.50. The summed E-state index contributed by atoms with van der Waals surface area (Å²) < 4.78 is 10.9. The molecule has 1 fully saturated rings. The number of hydrogen-bond donors (Lipinski definition) is 1. The molecule has 0 atom stereocenters. The molecule has 1 amide bonds. The minimum absolute atomic E-state index is 0.0422. The molecule has 1 N–H and O–H groups in total. The number of anilines is 1. The van der Waals surface area contributed by atoms with Gasteiger partial charge in [0.05, 0.1) is 12.8 Å². The highest BCUT2D eigenvalue weighted by atomic mass is 35.5. The van der Waals surface area contributed by atoms with Crippen LogP contribution in [0.2, 0.25) is 5.02 Å². The number of nitrogens with zero attached hydrogens (tertiary/aromatic N) is 1. The number of fused-ring (bicyclic) bond motifs is 2. The summed E-state index contributed by atoms with van der Waals surface area (Å²) in [7, 11) is 1.67. The normalized spacial score (nSPS) is 19.0. The van der Waals surface area contributed by atoms with E-state index < -0.39 is 5.60 Å². The molecule has 0 saturated carbocycles. The molecule has 132 valence electrons. The third-order valence-electron chi connectivity index (χ3n) is 4.84. The first-order valence-electron chi connectivity index (χ1n) is 8.34. The number of methoxy groups -OCH3 is 1. The Hall–Kier alpha value is -1.62. The monoisotopic (exact) mass is 352 g/mol. The van der Waals surface area contributed by atoms with Crippen LogP contribution in [-0.4, -0.2) is 43.3 Å². The lowest BCUT2D eigenvalue weighted by Gasteiger charge is -2.40. The second-order valence-electron chi connectivity index (χ2n) is 7.60.